The minimum absolute atomic E-state index is 0.204. The molecule has 0 amide bonds. The summed E-state index contributed by atoms with van der Waals surface area (Å²) in [6.07, 6.45) is 3.39. The number of fused-ring (bicyclic) bond motifs is 1. The number of nitrogens with two attached hydrogens (primary N) is 1. The van der Waals surface area contributed by atoms with Crippen LogP contribution in [0.1, 0.15) is 54.6 Å². The zero-order valence-electron chi connectivity index (χ0n) is 10.5. The van der Waals surface area contributed by atoms with Gasteiger partial charge in [-0.15, -0.1) is 0 Å². The standard InChI is InChI=1S/C14H17N3O/c1-9(15)14-16-13(17-18-14)12-8-4-6-10-5-2-3-7-11(10)12/h2-3,5,7,9,12H,4,6,8,15H2,1H3/t9-,12?/m0/s1. The number of hydrogen-bond acceptors (Lipinski definition) is 4. The highest BCUT2D eigenvalue weighted by molar-refractivity contribution is 5.36. The first-order valence-corrected chi connectivity index (χ1v) is 6.42. The van der Waals surface area contributed by atoms with Crippen molar-refractivity contribution in [1.82, 2.24) is 10.1 Å². The van der Waals surface area contributed by atoms with E-state index in [1.807, 2.05) is 6.92 Å². The number of rotatable bonds is 2. The molecular weight excluding hydrogens is 226 g/mol. The van der Waals surface area contributed by atoms with Gasteiger partial charge in [0.05, 0.1) is 6.04 Å². The van der Waals surface area contributed by atoms with E-state index in [2.05, 4.69) is 34.4 Å². The molecule has 0 spiro atoms. The van der Waals surface area contributed by atoms with Crippen LogP contribution in [0.3, 0.4) is 0 Å². The summed E-state index contributed by atoms with van der Waals surface area (Å²) in [5.41, 5.74) is 8.49. The molecule has 4 heteroatoms. The zero-order valence-corrected chi connectivity index (χ0v) is 10.5. The van der Waals surface area contributed by atoms with Gasteiger partial charge in [0.25, 0.3) is 0 Å². The first-order valence-electron chi connectivity index (χ1n) is 6.42. The topological polar surface area (TPSA) is 64.9 Å². The minimum atomic E-state index is -0.204. The van der Waals surface area contributed by atoms with Crippen LogP contribution in [0.25, 0.3) is 0 Å². The van der Waals surface area contributed by atoms with E-state index in [-0.39, 0.29) is 12.0 Å². The summed E-state index contributed by atoms with van der Waals surface area (Å²) in [4.78, 5) is 4.43. The second kappa shape index (κ2) is 4.53. The smallest absolute Gasteiger partial charge is 0.243 e. The van der Waals surface area contributed by atoms with Crippen molar-refractivity contribution in [3.8, 4) is 0 Å². The van der Waals surface area contributed by atoms with Gasteiger partial charge in [0, 0.05) is 5.92 Å². The summed E-state index contributed by atoms with van der Waals surface area (Å²) >= 11 is 0. The van der Waals surface area contributed by atoms with Crippen LogP contribution in [0.5, 0.6) is 0 Å². The predicted molar refractivity (Wildman–Crippen MR) is 68.1 cm³/mol. The third kappa shape index (κ3) is 1.93. The lowest BCUT2D eigenvalue weighted by Crippen LogP contribution is -2.12. The van der Waals surface area contributed by atoms with Crippen LogP contribution < -0.4 is 5.73 Å². The number of benzene rings is 1. The largest absolute Gasteiger partial charge is 0.338 e. The fourth-order valence-electron chi connectivity index (χ4n) is 2.60. The van der Waals surface area contributed by atoms with Crippen molar-refractivity contribution in [2.45, 2.75) is 38.1 Å². The Morgan fingerprint density at radius 2 is 2.22 bits per heavy atom. The Bertz CT molecular complexity index is 547. The highest BCUT2D eigenvalue weighted by Gasteiger charge is 2.26. The molecule has 2 aromatic rings. The lowest BCUT2D eigenvalue weighted by atomic mass is 9.82. The summed E-state index contributed by atoms with van der Waals surface area (Å²) in [5, 5.41) is 4.09. The minimum Gasteiger partial charge on any atom is -0.338 e. The molecule has 1 aliphatic carbocycles. The van der Waals surface area contributed by atoms with Crippen LogP contribution in [0.4, 0.5) is 0 Å². The van der Waals surface area contributed by atoms with E-state index in [4.69, 9.17) is 10.3 Å². The lowest BCUT2D eigenvalue weighted by molar-refractivity contribution is 0.354. The molecule has 0 aliphatic heterocycles. The van der Waals surface area contributed by atoms with E-state index in [1.54, 1.807) is 0 Å². The highest BCUT2D eigenvalue weighted by Crippen LogP contribution is 2.35. The van der Waals surface area contributed by atoms with Gasteiger partial charge in [-0.2, -0.15) is 4.98 Å². The molecule has 0 saturated carbocycles. The average Bonchev–Trinajstić information content (AvgIpc) is 2.87. The molecule has 0 bridgehead atoms. The Balaban J connectivity index is 1.97. The van der Waals surface area contributed by atoms with E-state index in [9.17, 15) is 0 Å². The Kier molecular flexibility index (Phi) is 2.88. The molecule has 0 saturated heterocycles. The zero-order chi connectivity index (χ0) is 12.5. The van der Waals surface area contributed by atoms with Gasteiger partial charge in [0.15, 0.2) is 5.82 Å². The van der Waals surface area contributed by atoms with E-state index < -0.39 is 0 Å². The Morgan fingerprint density at radius 1 is 1.39 bits per heavy atom. The average molecular weight is 243 g/mol. The molecule has 4 nitrogen and oxygen atoms in total. The Morgan fingerprint density at radius 3 is 3.00 bits per heavy atom. The molecule has 1 heterocycles. The second-order valence-electron chi connectivity index (χ2n) is 4.92. The molecular formula is C14H17N3O. The molecule has 0 radical (unpaired) electrons. The van der Waals surface area contributed by atoms with Crippen LogP contribution in [-0.4, -0.2) is 10.1 Å². The second-order valence-corrected chi connectivity index (χ2v) is 4.92. The van der Waals surface area contributed by atoms with Gasteiger partial charge in [-0.3, -0.25) is 0 Å². The summed E-state index contributed by atoms with van der Waals surface area (Å²) in [6, 6.07) is 8.31. The molecule has 0 fully saturated rings. The van der Waals surface area contributed by atoms with Crippen LogP contribution in [-0.2, 0) is 6.42 Å². The summed E-state index contributed by atoms with van der Waals surface area (Å²) in [5.74, 6) is 1.55. The molecule has 1 aliphatic rings. The molecule has 3 rings (SSSR count). The van der Waals surface area contributed by atoms with Gasteiger partial charge in [0.2, 0.25) is 5.89 Å². The monoisotopic (exact) mass is 243 g/mol. The van der Waals surface area contributed by atoms with Gasteiger partial charge < -0.3 is 10.3 Å². The van der Waals surface area contributed by atoms with Crippen molar-refractivity contribution in [3.63, 3.8) is 0 Å². The molecule has 2 atom stereocenters. The van der Waals surface area contributed by atoms with Crippen LogP contribution in [0.2, 0.25) is 0 Å². The molecule has 1 aromatic carbocycles. The first-order chi connectivity index (χ1) is 8.75. The van der Waals surface area contributed by atoms with E-state index in [1.165, 1.54) is 17.5 Å². The van der Waals surface area contributed by atoms with Crippen molar-refractivity contribution in [3.05, 3.63) is 47.1 Å². The van der Waals surface area contributed by atoms with Crippen LogP contribution >= 0.6 is 0 Å². The predicted octanol–water partition coefficient (Wildman–Crippen LogP) is 2.56. The lowest BCUT2D eigenvalue weighted by Gasteiger charge is -2.22. The maximum absolute atomic E-state index is 5.75. The molecule has 18 heavy (non-hydrogen) atoms. The van der Waals surface area contributed by atoms with Crippen molar-refractivity contribution in [2.24, 2.45) is 5.73 Å². The summed E-state index contributed by atoms with van der Waals surface area (Å²) < 4.78 is 5.21. The molecule has 1 aromatic heterocycles. The van der Waals surface area contributed by atoms with E-state index >= 15 is 0 Å². The van der Waals surface area contributed by atoms with E-state index in [0.29, 0.717) is 5.89 Å². The third-order valence-corrected chi connectivity index (χ3v) is 3.53. The maximum Gasteiger partial charge on any atom is 0.243 e. The van der Waals surface area contributed by atoms with Crippen molar-refractivity contribution < 1.29 is 4.52 Å². The number of nitrogens with zero attached hydrogens (tertiary/aromatic N) is 2. The Labute approximate surface area is 106 Å². The molecule has 94 valence electrons. The van der Waals surface area contributed by atoms with Gasteiger partial charge in [-0.1, -0.05) is 29.4 Å². The quantitative estimate of drug-likeness (QED) is 0.880. The third-order valence-electron chi connectivity index (χ3n) is 3.53. The van der Waals surface area contributed by atoms with Crippen molar-refractivity contribution in [1.29, 1.82) is 0 Å². The van der Waals surface area contributed by atoms with Crippen molar-refractivity contribution >= 4 is 0 Å². The van der Waals surface area contributed by atoms with E-state index in [0.717, 1.165) is 18.7 Å². The SMILES string of the molecule is C[C@H](N)c1nc(C2CCCc3ccccc32)no1. The number of aryl methyl sites for hydroxylation is 1. The van der Waals surface area contributed by atoms with Gasteiger partial charge in [0.1, 0.15) is 0 Å². The Hall–Kier alpha value is -1.68. The fraction of sp³-hybridized carbons (Fsp3) is 0.429. The fourth-order valence-corrected chi connectivity index (χ4v) is 2.60. The highest BCUT2D eigenvalue weighted by atomic mass is 16.5. The summed E-state index contributed by atoms with van der Waals surface area (Å²) in [7, 11) is 0. The van der Waals surface area contributed by atoms with Crippen LogP contribution in [0.15, 0.2) is 28.8 Å². The van der Waals surface area contributed by atoms with Gasteiger partial charge in [-0.25, -0.2) is 0 Å². The normalized spacial score (nSPS) is 20.4. The first kappa shape index (κ1) is 11.4. The van der Waals surface area contributed by atoms with Gasteiger partial charge >= 0.3 is 0 Å². The van der Waals surface area contributed by atoms with Gasteiger partial charge in [-0.05, 0) is 37.3 Å². The molecule has 1 unspecified atom stereocenters. The summed E-state index contributed by atoms with van der Waals surface area (Å²) in [6.45, 7) is 1.85. The van der Waals surface area contributed by atoms with Crippen LogP contribution in [0, 0.1) is 0 Å². The molecule has 2 N–H and O–H groups in total. The van der Waals surface area contributed by atoms with Crippen molar-refractivity contribution in [2.75, 3.05) is 0 Å². The number of aromatic nitrogens is 2. The maximum atomic E-state index is 5.75. The number of hydrogen-bond donors (Lipinski definition) is 1.